The number of fused-ring (bicyclic) bond motifs is 1. The Morgan fingerprint density at radius 3 is 2.83 bits per heavy atom. The number of nitriles is 1. The zero-order valence-electron chi connectivity index (χ0n) is 16.4. The predicted octanol–water partition coefficient (Wildman–Crippen LogP) is 3.85. The van der Waals surface area contributed by atoms with Crippen molar-refractivity contribution in [3.05, 3.63) is 47.8 Å². The second-order valence-corrected chi connectivity index (χ2v) is 7.03. The minimum atomic E-state index is -2.91. The molecule has 1 aliphatic rings. The maximum absolute atomic E-state index is 13.1. The van der Waals surface area contributed by atoms with Crippen LogP contribution in [0, 0.1) is 11.3 Å². The molecule has 0 saturated heterocycles. The summed E-state index contributed by atoms with van der Waals surface area (Å²) in [7, 11) is 2.00. The molecule has 29 heavy (non-hydrogen) atoms. The predicted molar refractivity (Wildman–Crippen MR) is 112 cm³/mol. The van der Waals surface area contributed by atoms with E-state index in [1.165, 1.54) is 12.4 Å². The summed E-state index contributed by atoms with van der Waals surface area (Å²) in [5.41, 5.74) is 10.4. The number of halogens is 2. The molecular weight excluding hydrogens is 374 g/mol. The SMILES string of the molecule is CC1Nc2cc(-c3nc(C#N)ccc3C(C=NCC(C)(F)F)=CN)ccc2N1C. The van der Waals surface area contributed by atoms with E-state index in [-0.39, 0.29) is 11.9 Å². The molecule has 0 amide bonds. The quantitative estimate of drug-likeness (QED) is 0.749. The van der Waals surface area contributed by atoms with Crippen molar-refractivity contribution < 1.29 is 8.78 Å². The van der Waals surface area contributed by atoms with Crippen LogP contribution in [0.5, 0.6) is 0 Å². The fourth-order valence-electron chi connectivity index (χ4n) is 3.12. The summed E-state index contributed by atoms with van der Waals surface area (Å²) >= 11 is 0. The molecule has 8 heteroatoms. The van der Waals surface area contributed by atoms with Gasteiger partial charge in [-0.1, -0.05) is 6.07 Å². The number of benzene rings is 1. The van der Waals surface area contributed by atoms with Gasteiger partial charge in [-0.3, -0.25) is 4.99 Å². The number of nitrogens with zero attached hydrogens (tertiary/aromatic N) is 4. The Labute approximate surface area is 168 Å². The van der Waals surface area contributed by atoms with Gasteiger partial charge in [0.15, 0.2) is 0 Å². The molecule has 6 nitrogen and oxygen atoms in total. The van der Waals surface area contributed by atoms with E-state index >= 15 is 0 Å². The van der Waals surface area contributed by atoms with Crippen LogP contribution < -0.4 is 16.0 Å². The third-order valence-electron chi connectivity index (χ3n) is 4.69. The summed E-state index contributed by atoms with van der Waals surface area (Å²) in [5.74, 6) is -2.91. The standard InChI is InChI=1S/C21H22F2N6/c1-13-27-18-8-14(4-7-19(18)29(13)3)20-17(6-5-16(10-25)28-20)15(9-24)11-26-12-21(2,22)23/h4-9,11,13,27H,12,24H2,1-3H3. The van der Waals surface area contributed by atoms with E-state index in [0.29, 0.717) is 16.8 Å². The second-order valence-electron chi connectivity index (χ2n) is 7.03. The molecule has 0 fully saturated rings. The van der Waals surface area contributed by atoms with Crippen LogP contribution in [0.15, 0.2) is 41.5 Å². The number of rotatable bonds is 5. The van der Waals surface area contributed by atoms with E-state index in [2.05, 4.69) is 27.1 Å². The molecule has 2 aromatic rings. The van der Waals surface area contributed by atoms with Gasteiger partial charge < -0.3 is 16.0 Å². The van der Waals surface area contributed by atoms with Crippen LogP contribution in [0.2, 0.25) is 0 Å². The van der Waals surface area contributed by atoms with E-state index in [0.717, 1.165) is 23.9 Å². The van der Waals surface area contributed by atoms with Crippen molar-refractivity contribution in [1.82, 2.24) is 4.98 Å². The van der Waals surface area contributed by atoms with Gasteiger partial charge in [-0.25, -0.2) is 13.8 Å². The van der Waals surface area contributed by atoms with E-state index < -0.39 is 12.5 Å². The van der Waals surface area contributed by atoms with Crippen LogP contribution in [0.25, 0.3) is 16.8 Å². The minimum absolute atomic E-state index is 0.153. The smallest absolute Gasteiger partial charge is 0.264 e. The van der Waals surface area contributed by atoms with E-state index in [9.17, 15) is 14.0 Å². The van der Waals surface area contributed by atoms with Crippen LogP contribution in [-0.2, 0) is 0 Å². The molecule has 2 heterocycles. The average Bonchev–Trinajstić information content (AvgIpc) is 2.97. The first kappa shape index (κ1) is 20.3. The molecule has 150 valence electrons. The van der Waals surface area contributed by atoms with Gasteiger partial charge in [-0.2, -0.15) is 5.26 Å². The van der Waals surface area contributed by atoms with Gasteiger partial charge >= 0.3 is 0 Å². The van der Waals surface area contributed by atoms with Gasteiger partial charge in [0.2, 0.25) is 0 Å². The number of aromatic nitrogens is 1. The second kappa shape index (κ2) is 7.87. The van der Waals surface area contributed by atoms with Crippen LogP contribution in [0.3, 0.4) is 0 Å². The maximum Gasteiger partial charge on any atom is 0.264 e. The summed E-state index contributed by atoms with van der Waals surface area (Å²) < 4.78 is 26.2. The average molecular weight is 396 g/mol. The fraction of sp³-hybridized carbons (Fsp3) is 0.286. The first-order valence-corrected chi connectivity index (χ1v) is 9.08. The van der Waals surface area contributed by atoms with Gasteiger partial charge in [0.05, 0.1) is 23.2 Å². The van der Waals surface area contributed by atoms with Crippen molar-refractivity contribution in [3.8, 4) is 17.3 Å². The largest absolute Gasteiger partial charge is 0.404 e. The molecule has 0 bridgehead atoms. The number of allylic oxidation sites excluding steroid dienone is 1. The van der Waals surface area contributed by atoms with Crippen LogP contribution in [0.1, 0.15) is 25.1 Å². The van der Waals surface area contributed by atoms with Crippen molar-refractivity contribution in [2.24, 2.45) is 10.7 Å². The van der Waals surface area contributed by atoms with Crippen molar-refractivity contribution in [2.75, 3.05) is 23.8 Å². The number of nitrogens with one attached hydrogen (secondary N) is 1. The molecule has 1 aromatic heterocycles. The Kier molecular flexibility index (Phi) is 5.50. The number of anilines is 2. The van der Waals surface area contributed by atoms with E-state index in [1.54, 1.807) is 12.1 Å². The molecule has 1 aromatic carbocycles. The van der Waals surface area contributed by atoms with Crippen LogP contribution in [-0.4, -0.2) is 36.9 Å². The highest BCUT2D eigenvalue weighted by Gasteiger charge is 2.23. The molecule has 0 spiro atoms. The summed E-state index contributed by atoms with van der Waals surface area (Å²) in [6.07, 6.45) is 2.76. The topological polar surface area (TPSA) is 90.3 Å². The zero-order chi connectivity index (χ0) is 21.2. The third kappa shape index (κ3) is 4.35. The van der Waals surface area contributed by atoms with Crippen LogP contribution >= 0.6 is 0 Å². The monoisotopic (exact) mass is 396 g/mol. The Morgan fingerprint density at radius 2 is 2.17 bits per heavy atom. The lowest BCUT2D eigenvalue weighted by Crippen LogP contribution is -2.28. The molecular formula is C21H22F2N6. The highest BCUT2D eigenvalue weighted by atomic mass is 19.3. The highest BCUT2D eigenvalue weighted by Crippen LogP contribution is 2.37. The highest BCUT2D eigenvalue weighted by molar-refractivity contribution is 6.11. The maximum atomic E-state index is 13.1. The molecule has 0 radical (unpaired) electrons. The normalized spacial score (nSPS) is 16.6. The Morgan fingerprint density at radius 1 is 1.41 bits per heavy atom. The fourth-order valence-corrected chi connectivity index (χ4v) is 3.12. The molecule has 3 rings (SSSR count). The first-order valence-electron chi connectivity index (χ1n) is 9.08. The number of hydrogen-bond donors (Lipinski definition) is 2. The summed E-state index contributed by atoms with van der Waals surface area (Å²) in [6.45, 7) is 2.21. The van der Waals surface area contributed by atoms with Crippen molar-refractivity contribution in [1.29, 1.82) is 5.26 Å². The molecule has 0 aliphatic carbocycles. The van der Waals surface area contributed by atoms with Gasteiger partial charge in [-0.15, -0.1) is 0 Å². The molecule has 3 N–H and O–H groups in total. The summed E-state index contributed by atoms with van der Waals surface area (Å²) in [5, 5.41) is 12.7. The van der Waals surface area contributed by atoms with Crippen LogP contribution in [0.4, 0.5) is 20.2 Å². The summed E-state index contributed by atoms with van der Waals surface area (Å²) in [4.78, 5) is 10.4. The van der Waals surface area contributed by atoms with Gasteiger partial charge in [0, 0.05) is 43.1 Å². The Bertz CT molecular complexity index is 1020. The van der Waals surface area contributed by atoms with Gasteiger partial charge in [-0.05, 0) is 31.2 Å². The number of hydrogen-bond acceptors (Lipinski definition) is 6. The molecule has 0 saturated carbocycles. The number of pyridine rings is 1. The lowest BCUT2D eigenvalue weighted by Gasteiger charge is -2.17. The number of alkyl halides is 2. The zero-order valence-corrected chi connectivity index (χ0v) is 16.4. The van der Waals surface area contributed by atoms with E-state index in [1.807, 2.05) is 31.3 Å². The van der Waals surface area contributed by atoms with Crippen molar-refractivity contribution in [2.45, 2.75) is 25.9 Å². The molecule has 1 atom stereocenters. The molecule has 1 aliphatic heterocycles. The Hall–Kier alpha value is -3.47. The minimum Gasteiger partial charge on any atom is -0.404 e. The lowest BCUT2D eigenvalue weighted by atomic mass is 9.99. The Balaban J connectivity index is 2.06. The van der Waals surface area contributed by atoms with Gasteiger partial charge in [0.25, 0.3) is 5.92 Å². The lowest BCUT2D eigenvalue weighted by molar-refractivity contribution is 0.0328. The third-order valence-corrected chi connectivity index (χ3v) is 4.69. The van der Waals surface area contributed by atoms with Crippen molar-refractivity contribution >= 4 is 23.2 Å². The van der Waals surface area contributed by atoms with Gasteiger partial charge in [0.1, 0.15) is 18.3 Å². The molecule has 1 unspecified atom stereocenters. The number of nitrogens with two attached hydrogens (primary N) is 1. The van der Waals surface area contributed by atoms with Crippen molar-refractivity contribution in [3.63, 3.8) is 0 Å². The number of aliphatic imine (C=N–C) groups is 1. The summed E-state index contributed by atoms with van der Waals surface area (Å²) in [6, 6.07) is 11.1. The first-order chi connectivity index (χ1) is 13.7. The van der Waals surface area contributed by atoms with E-state index in [4.69, 9.17) is 5.73 Å².